The molecule has 1 heterocycles. The van der Waals surface area contributed by atoms with Crippen LogP contribution >= 0.6 is 0 Å². The third kappa shape index (κ3) is 34.2. The Balaban J connectivity index is 2.29. The molecule has 0 saturated carbocycles. The van der Waals surface area contributed by atoms with Gasteiger partial charge in [0.25, 0.3) is 0 Å². The lowest BCUT2D eigenvalue weighted by molar-refractivity contribution is -0.302. The number of aliphatic hydroxyl groups is 5. The third-order valence-electron chi connectivity index (χ3n) is 12.4. The van der Waals surface area contributed by atoms with E-state index in [4.69, 9.17) is 9.47 Å². The van der Waals surface area contributed by atoms with Crippen LogP contribution in [0, 0.1) is 0 Å². The van der Waals surface area contributed by atoms with E-state index in [1.807, 2.05) is 6.08 Å². The summed E-state index contributed by atoms with van der Waals surface area (Å²) in [6, 6.07) is -0.828. The fourth-order valence-electron chi connectivity index (χ4n) is 8.16. The Kier molecular flexibility index (Phi) is 41.3. The molecule has 0 spiro atoms. The second kappa shape index (κ2) is 44.0. The molecule has 0 aromatic rings. The number of unbranched alkanes of at least 4 members (excludes halogenated alkanes) is 29. The van der Waals surface area contributed by atoms with Gasteiger partial charge in [0, 0.05) is 6.42 Å². The van der Waals surface area contributed by atoms with Crippen LogP contribution in [-0.2, 0) is 14.3 Å². The highest BCUT2D eigenvalue weighted by Crippen LogP contribution is 2.23. The quantitative estimate of drug-likeness (QED) is 0.0201. The first-order valence-corrected chi connectivity index (χ1v) is 26.4. The molecule has 368 valence electrons. The van der Waals surface area contributed by atoms with E-state index in [0.717, 1.165) is 64.2 Å². The van der Waals surface area contributed by atoms with Crippen LogP contribution in [0.4, 0.5) is 0 Å². The maximum absolute atomic E-state index is 13.0. The molecule has 9 heteroatoms. The molecule has 1 fully saturated rings. The van der Waals surface area contributed by atoms with E-state index < -0.39 is 49.5 Å². The summed E-state index contributed by atoms with van der Waals surface area (Å²) >= 11 is 0. The van der Waals surface area contributed by atoms with E-state index in [-0.39, 0.29) is 12.5 Å². The zero-order valence-electron chi connectivity index (χ0n) is 40.6. The van der Waals surface area contributed by atoms with Crippen LogP contribution in [0.25, 0.3) is 0 Å². The van der Waals surface area contributed by atoms with Crippen molar-refractivity contribution in [1.29, 1.82) is 0 Å². The summed E-state index contributed by atoms with van der Waals surface area (Å²) in [5.41, 5.74) is 0. The molecule has 1 aliphatic rings. The van der Waals surface area contributed by atoms with Gasteiger partial charge in [0.05, 0.1) is 25.4 Å². The molecule has 0 radical (unpaired) electrons. The molecule has 0 aromatic heterocycles. The molecule has 1 rings (SSSR count). The number of nitrogens with one attached hydrogen (secondary N) is 1. The van der Waals surface area contributed by atoms with Crippen molar-refractivity contribution in [2.45, 2.75) is 275 Å². The van der Waals surface area contributed by atoms with Crippen LogP contribution in [0.2, 0.25) is 0 Å². The molecule has 7 unspecified atom stereocenters. The highest BCUT2D eigenvalue weighted by atomic mass is 16.7. The van der Waals surface area contributed by atoms with Gasteiger partial charge in [-0.1, -0.05) is 217 Å². The van der Waals surface area contributed by atoms with Gasteiger partial charge in [-0.15, -0.1) is 0 Å². The predicted octanol–water partition coefficient (Wildman–Crippen LogP) is 12.2. The van der Waals surface area contributed by atoms with E-state index in [0.29, 0.717) is 6.42 Å². The summed E-state index contributed by atoms with van der Waals surface area (Å²) in [5.74, 6) is -0.199. The van der Waals surface area contributed by atoms with E-state index >= 15 is 0 Å². The molecule has 0 aromatic carbocycles. The summed E-state index contributed by atoms with van der Waals surface area (Å²) in [5, 5.41) is 54.3. The van der Waals surface area contributed by atoms with Crippen molar-refractivity contribution in [3.63, 3.8) is 0 Å². The molecule has 1 saturated heterocycles. The number of carbonyl (C=O) groups is 1. The number of carbonyl (C=O) groups excluding carboxylic acids is 1. The topological polar surface area (TPSA) is 149 Å². The Morgan fingerprint density at radius 1 is 0.540 bits per heavy atom. The Morgan fingerprint density at radius 2 is 0.952 bits per heavy atom. The largest absolute Gasteiger partial charge is 0.394 e. The molecular weight excluding hydrogens is 791 g/mol. The minimum Gasteiger partial charge on any atom is -0.394 e. The van der Waals surface area contributed by atoms with Crippen LogP contribution in [0.1, 0.15) is 232 Å². The number of ether oxygens (including phenoxy) is 2. The maximum atomic E-state index is 13.0. The second-order valence-electron chi connectivity index (χ2n) is 18.3. The van der Waals surface area contributed by atoms with Crippen molar-refractivity contribution in [2.24, 2.45) is 0 Å². The number of allylic oxidation sites excluding steroid dienone is 7. The maximum Gasteiger partial charge on any atom is 0.220 e. The average Bonchev–Trinajstić information content (AvgIpc) is 3.28. The summed E-state index contributed by atoms with van der Waals surface area (Å²) in [4.78, 5) is 13.0. The molecule has 6 N–H and O–H groups in total. The van der Waals surface area contributed by atoms with E-state index in [2.05, 4.69) is 55.6 Å². The van der Waals surface area contributed by atoms with Gasteiger partial charge in [-0.05, 0) is 57.8 Å². The number of hydrogen-bond acceptors (Lipinski definition) is 8. The Labute approximate surface area is 386 Å². The van der Waals surface area contributed by atoms with Gasteiger partial charge in [-0.2, -0.15) is 0 Å². The lowest BCUT2D eigenvalue weighted by Gasteiger charge is -2.40. The minimum atomic E-state index is -1.57. The zero-order chi connectivity index (χ0) is 45.9. The molecule has 1 aliphatic heterocycles. The van der Waals surface area contributed by atoms with Crippen LogP contribution in [0.5, 0.6) is 0 Å². The highest BCUT2D eigenvalue weighted by Gasteiger charge is 2.44. The van der Waals surface area contributed by atoms with Gasteiger partial charge in [0.15, 0.2) is 6.29 Å². The third-order valence-corrected chi connectivity index (χ3v) is 12.4. The average molecular weight is 890 g/mol. The summed E-state index contributed by atoms with van der Waals surface area (Å²) in [6.45, 7) is 3.73. The molecule has 63 heavy (non-hydrogen) atoms. The van der Waals surface area contributed by atoms with Crippen LogP contribution in [0.3, 0.4) is 0 Å². The minimum absolute atomic E-state index is 0.199. The van der Waals surface area contributed by atoms with Gasteiger partial charge < -0.3 is 40.3 Å². The molecular formula is C54H99NO8. The standard InChI is InChI=1S/C54H99NO8/c1-3-5-7-9-11-13-15-17-19-20-21-22-23-24-25-26-27-28-30-31-33-35-37-39-41-43-48(57)47(46-62-54-53(61)52(60)51(59)49(45-56)63-54)55-50(58)44-42-40-38-36-34-32-29-18-16-14-12-10-8-6-4-2/h12,14,16,18,33,35,41,43,47-49,51-54,56-57,59-61H,3-11,13,15,17,19-32,34,36-40,42,44-46H2,1-2H3,(H,55,58)/b14-12-,18-16-,35-33+,43-41+. The SMILES string of the molecule is CCCCC/C=C\C=C/CCCCCCCCC(=O)NC(COC1OC(CO)C(O)C(O)C1O)C(O)/C=C/CC/C=C/CCCCCCCCCCCCCCCCCCCCC. The first-order chi connectivity index (χ1) is 30.8. The number of rotatable bonds is 44. The predicted molar refractivity (Wildman–Crippen MR) is 263 cm³/mol. The second-order valence-corrected chi connectivity index (χ2v) is 18.3. The van der Waals surface area contributed by atoms with E-state index in [9.17, 15) is 30.3 Å². The first kappa shape index (κ1) is 59.2. The zero-order valence-corrected chi connectivity index (χ0v) is 40.6. The number of hydrogen-bond donors (Lipinski definition) is 6. The molecule has 0 bridgehead atoms. The first-order valence-electron chi connectivity index (χ1n) is 26.4. The van der Waals surface area contributed by atoms with Crippen molar-refractivity contribution < 1.29 is 39.8 Å². The fraction of sp³-hybridized carbons (Fsp3) is 0.833. The molecule has 0 aliphatic carbocycles. The van der Waals surface area contributed by atoms with Crippen LogP contribution in [0.15, 0.2) is 48.6 Å². The van der Waals surface area contributed by atoms with Crippen molar-refractivity contribution in [1.82, 2.24) is 5.32 Å². The fourth-order valence-corrected chi connectivity index (χ4v) is 8.16. The van der Waals surface area contributed by atoms with Gasteiger partial charge in [-0.3, -0.25) is 4.79 Å². The highest BCUT2D eigenvalue weighted by molar-refractivity contribution is 5.76. The molecule has 9 nitrogen and oxygen atoms in total. The Bertz CT molecular complexity index is 1130. The molecule has 1 amide bonds. The Hall–Kier alpha value is -1.85. The van der Waals surface area contributed by atoms with E-state index in [1.165, 1.54) is 148 Å². The van der Waals surface area contributed by atoms with Gasteiger partial charge >= 0.3 is 0 Å². The van der Waals surface area contributed by atoms with Crippen molar-refractivity contribution in [2.75, 3.05) is 13.2 Å². The van der Waals surface area contributed by atoms with Gasteiger partial charge in [0.2, 0.25) is 5.91 Å². The number of amides is 1. The van der Waals surface area contributed by atoms with Gasteiger partial charge in [0.1, 0.15) is 24.4 Å². The van der Waals surface area contributed by atoms with Gasteiger partial charge in [-0.25, -0.2) is 0 Å². The summed E-state index contributed by atoms with van der Waals surface area (Å²) in [6.07, 6.45) is 50.3. The smallest absolute Gasteiger partial charge is 0.220 e. The van der Waals surface area contributed by atoms with Crippen molar-refractivity contribution >= 4 is 5.91 Å². The van der Waals surface area contributed by atoms with Crippen LogP contribution < -0.4 is 5.32 Å². The normalized spacial score (nSPS) is 20.5. The van der Waals surface area contributed by atoms with E-state index in [1.54, 1.807) is 6.08 Å². The van der Waals surface area contributed by atoms with Crippen molar-refractivity contribution in [3.8, 4) is 0 Å². The lowest BCUT2D eigenvalue weighted by atomic mass is 9.99. The van der Waals surface area contributed by atoms with Crippen LogP contribution in [-0.4, -0.2) is 87.5 Å². The summed E-state index contributed by atoms with van der Waals surface area (Å²) < 4.78 is 11.2. The Morgan fingerprint density at radius 3 is 1.46 bits per heavy atom. The monoisotopic (exact) mass is 890 g/mol. The summed E-state index contributed by atoms with van der Waals surface area (Å²) in [7, 11) is 0. The number of aliphatic hydroxyl groups excluding tert-OH is 5. The molecule has 7 atom stereocenters. The lowest BCUT2D eigenvalue weighted by Crippen LogP contribution is -2.60. The van der Waals surface area contributed by atoms with Crippen molar-refractivity contribution in [3.05, 3.63) is 48.6 Å².